The van der Waals surface area contributed by atoms with Crippen LogP contribution in [0.5, 0.6) is 0 Å². The first-order chi connectivity index (χ1) is 13.3. The highest BCUT2D eigenvalue weighted by molar-refractivity contribution is 6.19. The molecule has 0 unspecified atom stereocenters. The van der Waals surface area contributed by atoms with Gasteiger partial charge < -0.3 is 0 Å². The number of amidine groups is 1. The van der Waals surface area contributed by atoms with E-state index in [-0.39, 0.29) is 5.91 Å². The molecule has 0 spiro atoms. The van der Waals surface area contributed by atoms with Crippen molar-refractivity contribution in [2.24, 2.45) is 10.1 Å². The molecule has 4 rings (SSSR count). The fourth-order valence-corrected chi connectivity index (χ4v) is 2.76. The van der Waals surface area contributed by atoms with Gasteiger partial charge in [0.2, 0.25) is 0 Å². The van der Waals surface area contributed by atoms with E-state index >= 15 is 0 Å². The van der Waals surface area contributed by atoms with Crippen LogP contribution in [-0.2, 0) is 4.79 Å². The molecule has 0 saturated carbocycles. The molecule has 1 aliphatic heterocycles. The molecule has 0 aliphatic carbocycles. The van der Waals surface area contributed by atoms with Crippen molar-refractivity contribution in [3.63, 3.8) is 0 Å². The van der Waals surface area contributed by atoms with Crippen LogP contribution in [0.3, 0.4) is 0 Å². The average Bonchev–Trinajstić information content (AvgIpc) is 3.04. The topological polar surface area (TPSA) is 45.0 Å². The van der Waals surface area contributed by atoms with Gasteiger partial charge in [-0.3, -0.25) is 4.79 Å². The van der Waals surface area contributed by atoms with Gasteiger partial charge in [-0.25, -0.2) is 4.99 Å². The van der Waals surface area contributed by atoms with Crippen LogP contribution in [0.1, 0.15) is 16.7 Å². The standard InChI is InChI=1S/C23H17N3O/c27-23-21(16-18-10-4-1-5-11-18)25-22(20-14-8-3-9-15-20)26(23)24-17-19-12-6-2-7-13-19/h1-17H/b21-16+,24-17+. The van der Waals surface area contributed by atoms with Crippen LogP contribution in [0, 0.1) is 0 Å². The normalized spacial score (nSPS) is 15.6. The minimum Gasteiger partial charge on any atom is -0.265 e. The Bertz CT molecular complexity index is 1020. The molecule has 1 aliphatic rings. The molecule has 3 aromatic carbocycles. The molecular weight excluding hydrogens is 334 g/mol. The third-order valence-electron chi connectivity index (χ3n) is 4.10. The molecule has 0 saturated heterocycles. The second-order valence-corrected chi connectivity index (χ2v) is 6.01. The quantitative estimate of drug-likeness (QED) is 0.509. The van der Waals surface area contributed by atoms with Crippen molar-refractivity contribution in [2.45, 2.75) is 0 Å². The van der Waals surface area contributed by atoms with Crippen LogP contribution >= 0.6 is 0 Å². The number of benzene rings is 3. The summed E-state index contributed by atoms with van der Waals surface area (Å²) in [4.78, 5) is 17.5. The van der Waals surface area contributed by atoms with Gasteiger partial charge >= 0.3 is 0 Å². The molecule has 0 atom stereocenters. The summed E-state index contributed by atoms with van der Waals surface area (Å²) in [5, 5.41) is 5.77. The molecule has 27 heavy (non-hydrogen) atoms. The lowest BCUT2D eigenvalue weighted by Crippen LogP contribution is -2.27. The lowest BCUT2D eigenvalue weighted by atomic mass is 10.2. The Balaban J connectivity index is 1.73. The van der Waals surface area contributed by atoms with Crippen LogP contribution in [-0.4, -0.2) is 23.0 Å². The number of rotatable bonds is 4. The Morgan fingerprint density at radius 2 is 1.30 bits per heavy atom. The summed E-state index contributed by atoms with van der Waals surface area (Å²) in [6.45, 7) is 0. The Labute approximate surface area is 157 Å². The van der Waals surface area contributed by atoms with Gasteiger partial charge in [0.15, 0.2) is 5.84 Å². The van der Waals surface area contributed by atoms with Crippen molar-refractivity contribution in [1.82, 2.24) is 5.01 Å². The van der Waals surface area contributed by atoms with E-state index in [2.05, 4.69) is 10.1 Å². The highest BCUT2D eigenvalue weighted by Gasteiger charge is 2.31. The van der Waals surface area contributed by atoms with Gasteiger partial charge in [-0.2, -0.15) is 10.1 Å². The first-order valence-electron chi connectivity index (χ1n) is 8.65. The second-order valence-electron chi connectivity index (χ2n) is 6.01. The minimum absolute atomic E-state index is 0.245. The summed E-state index contributed by atoms with van der Waals surface area (Å²) in [5.74, 6) is 0.278. The lowest BCUT2D eigenvalue weighted by molar-refractivity contribution is -0.122. The zero-order valence-electron chi connectivity index (χ0n) is 14.6. The molecule has 1 amide bonds. The van der Waals surface area contributed by atoms with Crippen molar-refractivity contribution in [1.29, 1.82) is 0 Å². The fourth-order valence-electron chi connectivity index (χ4n) is 2.76. The molecule has 0 bridgehead atoms. The van der Waals surface area contributed by atoms with Crippen LogP contribution in [0.4, 0.5) is 0 Å². The van der Waals surface area contributed by atoms with E-state index in [9.17, 15) is 4.79 Å². The Morgan fingerprint density at radius 3 is 1.93 bits per heavy atom. The van der Waals surface area contributed by atoms with Gasteiger partial charge in [0.1, 0.15) is 5.70 Å². The summed E-state index contributed by atoms with van der Waals surface area (Å²) < 4.78 is 0. The van der Waals surface area contributed by atoms with E-state index in [0.29, 0.717) is 11.5 Å². The predicted molar refractivity (Wildman–Crippen MR) is 108 cm³/mol. The van der Waals surface area contributed by atoms with Gasteiger partial charge in [0, 0.05) is 5.56 Å². The maximum absolute atomic E-state index is 12.9. The number of hydrogen-bond acceptors (Lipinski definition) is 3. The SMILES string of the molecule is O=C1/C(=C\c2ccccc2)N=C(c2ccccc2)N1/N=C/c1ccccc1. The van der Waals surface area contributed by atoms with Crippen LogP contribution < -0.4 is 0 Å². The first kappa shape index (κ1) is 16.7. The predicted octanol–water partition coefficient (Wildman–Crippen LogP) is 4.35. The minimum atomic E-state index is -0.245. The van der Waals surface area contributed by atoms with Gasteiger partial charge in [-0.1, -0.05) is 91.0 Å². The largest absolute Gasteiger partial charge is 0.298 e. The van der Waals surface area contributed by atoms with Crippen molar-refractivity contribution in [3.05, 3.63) is 113 Å². The van der Waals surface area contributed by atoms with E-state index < -0.39 is 0 Å². The lowest BCUT2D eigenvalue weighted by Gasteiger charge is -2.11. The summed E-state index contributed by atoms with van der Waals surface area (Å²) in [5.41, 5.74) is 3.04. The van der Waals surface area contributed by atoms with Crippen molar-refractivity contribution in [3.8, 4) is 0 Å². The maximum atomic E-state index is 12.9. The molecule has 130 valence electrons. The van der Waals surface area contributed by atoms with E-state index in [0.717, 1.165) is 16.7 Å². The number of carbonyl (C=O) groups excluding carboxylic acids is 1. The number of hydrogen-bond donors (Lipinski definition) is 0. The van der Waals surface area contributed by atoms with Crippen LogP contribution in [0.25, 0.3) is 6.08 Å². The molecular formula is C23H17N3O. The molecule has 4 nitrogen and oxygen atoms in total. The van der Waals surface area contributed by atoms with E-state index in [4.69, 9.17) is 0 Å². The smallest absolute Gasteiger partial charge is 0.265 e. The maximum Gasteiger partial charge on any atom is 0.298 e. The number of carbonyl (C=O) groups is 1. The third kappa shape index (κ3) is 3.75. The zero-order valence-corrected chi connectivity index (χ0v) is 14.6. The number of hydrazone groups is 1. The van der Waals surface area contributed by atoms with Crippen molar-refractivity contribution in [2.75, 3.05) is 0 Å². The van der Waals surface area contributed by atoms with E-state index in [1.807, 2.05) is 91.0 Å². The van der Waals surface area contributed by atoms with Crippen molar-refractivity contribution >= 4 is 24.0 Å². The van der Waals surface area contributed by atoms with Crippen LogP contribution in [0.15, 0.2) is 107 Å². The summed E-state index contributed by atoms with van der Waals surface area (Å²) >= 11 is 0. The molecule has 1 heterocycles. The Kier molecular flexibility index (Phi) is 4.70. The molecule has 4 heteroatoms. The van der Waals surface area contributed by atoms with Gasteiger partial charge in [-0.15, -0.1) is 0 Å². The van der Waals surface area contributed by atoms with Crippen molar-refractivity contribution < 1.29 is 4.79 Å². The van der Waals surface area contributed by atoms with Gasteiger partial charge in [0.05, 0.1) is 6.21 Å². The van der Waals surface area contributed by atoms with E-state index in [1.165, 1.54) is 5.01 Å². The molecule has 0 N–H and O–H groups in total. The average molecular weight is 351 g/mol. The fraction of sp³-hybridized carbons (Fsp3) is 0. The number of aliphatic imine (C=N–C) groups is 1. The van der Waals surface area contributed by atoms with E-state index in [1.54, 1.807) is 12.3 Å². The van der Waals surface area contributed by atoms with Gasteiger partial charge in [0.25, 0.3) is 5.91 Å². The molecule has 0 aromatic heterocycles. The first-order valence-corrected chi connectivity index (χ1v) is 8.65. The highest BCUT2D eigenvalue weighted by atomic mass is 16.2. The summed E-state index contributed by atoms with van der Waals surface area (Å²) in [6.07, 6.45) is 3.45. The van der Waals surface area contributed by atoms with Gasteiger partial charge in [-0.05, 0) is 17.2 Å². The molecule has 0 fully saturated rings. The number of nitrogens with zero attached hydrogens (tertiary/aromatic N) is 3. The summed E-state index contributed by atoms with van der Waals surface area (Å²) in [6, 6.07) is 28.9. The summed E-state index contributed by atoms with van der Waals surface area (Å²) in [7, 11) is 0. The Hall–Kier alpha value is -3.79. The highest BCUT2D eigenvalue weighted by Crippen LogP contribution is 2.22. The third-order valence-corrected chi connectivity index (χ3v) is 4.10. The number of amides is 1. The molecule has 3 aromatic rings. The van der Waals surface area contributed by atoms with Crippen LogP contribution in [0.2, 0.25) is 0 Å². The monoisotopic (exact) mass is 351 g/mol. The second kappa shape index (κ2) is 7.62. The zero-order chi connectivity index (χ0) is 18.5. The molecule has 0 radical (unpaired) electrons. The Morgan fingerprint density at radius 1 is 0.741 bits per heavy atom.